The van der Waals surface area contributed by atoms with Crippen molar-refractivity contribution in [2.75, 3.05) is 19.8 Å². The van der Waals surface area contributed by atoms with Crippen LogP contribution in [0.2, 0.25) is 0 Å². The summed E-state index contributed by atoms with van der Waals surface area (Å²) >= 11 is 0. The molecule has 24 nitrogen and oxygen atoms in total. The van der Waals surface area contributed by atoms with Crippen molar-refractivity contribution in [3.63, 3.8) is 0 Å². The summed E-state index contributed by atoms with van der Waals surface area (Å²) in [6.07, 6.45) is -9.30. The van der Waals surface area contributed by atoms with Gasteiger partial charge in [0.05, 0.1) is 12.6 Å². The first-order valence-electron chi connectivity index (χ1n) is 26.3. The van der Waals surface area contributed by atoms with Gasteiger partial charge < -0.3 is 100 Å². The van der Waals surface area contributed by atoms with Crippen LogP contribution in [0.5, 0.6) is 23.0 Å². The minimum absolute atomic E-state index is 0.000504. The van der Waals surface area contributed by atoms with Crippen LogP contribution in [0.3, 0.4) is 0 Å². The van der Waals surface area contributed by atoms with E-state index in [0.717, 1.165) is 24.1 Å². The number of rotatable bonds is 9. The van der Waals surface area contributed by atoms with Gasteiger partial charge in [-0.05, 0) is 73.4 Å². The number of phenols is 3. The van der Waals surface area contributed by atoms with E-state index in [2.05, 4.69) is 39.3 Å². The summed E-state index contributed by atoms with van der Waals surface area (Å²) in [7, 11) is 0. The molecular formula is C57H59N3O21. The van der Waals surface area contributed by atoms with Gasteiger partial charge in [-0.3, -0.25) is 10.1 Å². The van der Waals surface area contributed by atoms with Crippen molar-refractivity contribution in [2.24, 2.45) is 5.92 Å². The predicted octanol–water partition coefficient (Wildman–Crippen LogP) is -0.417. The Kier molecular flexibility index (Phi) is 13.5. The molecular weight excluding hydrogens is 1060 g/mol. The average Bonchev–Trinajstić information content (AvgIpc) is 2.07. The molecule has 24 heteroatoms. The Balaban J connectivity index is 1.23. The van der Waals surface area contributed by atoms with E-state index in [-0.39, 0.29) is 52.9 Å². The largest absolute Gasteiger partial charge is 0.507 e. The zero-order valence-corrected chi connectivity index (χ0v) is 43.5. The number of phenolic OH excluding ortho intramolecular Hbond substituents is 3. The fourth-order valence-electron chi connectivity index (χ4n) is 12.4. The zero-order chi connectivity index (χ0) is 57.9. The van der Waals surface area contributed by atoms with Crippen LogP contribution in [-0.2, 0) is 36.6 Å². The van der Waals surface area contributed by atoms with E-state index in [1.165, 1.54) is 18.2 Å². The molecule has 1 unspecified atom stereocenters. The quantitative estimate of drug-likeness (QED) is 0.0333. The number of aliphatic hydroxyl groups is 9. The number of aliphatic hydroxyl groups excluding tert-OH is 6. The van der Waals surface area contributed by atoms with Crippen molar-refractivity contribution >= 4 is 22.9 Å². The monoisotopic (exact) mass is 1120 g/mol. The van der Waals surface area contributed by atoms with Crippen molar-refractivity contribution < 1.29 is 99.3 Å². The number of aromatic nitrogens is 1. The van der Waals surface area contributed by atoms with Gasteiger partial charge in [-0.2, -0.15) is 0 Å². The summed E-state index contributed by atoms with van der Waals surface area (Å²) in [5.41, 5.74) is -8.98. The fraction of sp³-hybridized carbons (Fsp3) is 0.456. The SMILES string of the molecule is CCC1=C([C@H]2C=C3Cc4[nH]ccc4C#CC[C@]4(O)[C@H](O)[C@@H](O)[C@@]3(Oc3cc5oc(-c6cc(O)c(O)c(CCO)c6)cc(=O)c5c(O)c32)O[C@@]42CC#C[C@]3(C(=O)O)O[C@](CCCO)(OC2=O)[C@H](O)[C@@H](O)C3(O)O)C=C2C(NCC[C@H]2C)N1. The number of carbonyl (C=O) groups excluding carboxylic acids is 1. The number of hydrogen-bond donors (Lipinski definition) is 16. The van der Waals surface area contributed by atoms with Gasteiger partial charge in [-0.15, -0.1) is 0 Å². The number of H-pyrrole nitrogens is 1. The van der Waals surface area contributed by atoms with Crippen molar-refractivity contribution in [1.29, 1.82) is 0 Å². The summed E-state index contributed by atoms with van der Waals surface area (Å²) < 4.78 is 32.1. The Morgan fingerprint density at radius 2 is 1.68 bits per heavy atom. The number of aliphatic carboxylic acids is 1. The molecule has 8 aliphatic rings. The topological polar surface area (TPSA) is 404 Å². The number of benzene rings is 2. The second-order valence-electron chi connectivity index (χ2n) is 21.5. The molecule has 3 saturated heterocycles. The van der Waals surface area contributed by atoms with Crippen LogP contribution in [0.25, 0.3) is 22.3 Å². The van der Waals surface area contributed by atoms with E-state index in [9.17, 15) is 76.0 Å². The first-order valence-corrected chi connectivity index (χ1v) is 26.3. The number of dihydropyridines is 1. The first-order chi connectivity index (χ1) is 38.5. The average molecular weight is 1120 g/mol. The lowest BCUT2D eigenvalue weighted by molar-refractivity contribution is -0.432. The number of carboxylic acids is 1. The maximum Gasteiger partial charge on any atom is 0.354 e. The standard InChI is InChI=1S/C57H59N3O21/c1-3-34-32(23-31-26(2)8-15-59-49(31)60-34)33-21-30-22-35-27(9-16-58-35)7-4-11-52(74)45(67)47(69)56(30,78-40-25-39-42(44(66)41(33)40)36(63)24-38(77-39)29-19-28(10-18-62)43(65)37(64)20-29)81-54(52)13-5-12-53(50(71)72)57(75,76)48(70)46(68)55(80-53,14-6-17-61)79-51(54)73/h9,16,19-21,23-26,33,45-49,58-62,64-70,74-76H,3,6,8,10-11,13-15,17-18,22H2,1-2H3,(H,71,72)/t26-,33-,45-,46-,47-,48-,49?,52+,53-,54-,55+,56+/m1/s1. The molecule has 4 aromatic rings. The van der Waals surface area contributed by atoms with Crippen molar-refractivity contribution in [3.8, 4) is 58.0 Å². The molecule has 2 aromatic carbocycles. The molecule has 12 atom stereocenters. The number of aromatic amines is 1. The molecule has 2 aromatic heterocycles. The lowest BCUT2D eigenvalue weighted by Gasteiger charge is -2.58. The highest BCUT2D eigenvalue weighted by Gasteiger charge is 2.78. The van der Waals surface area contributed by atoms with Gasteiger partial charge in [0, 0.05) is 95.9 Å². The normalized spacial score (nSPS) is 33.7. The second kappa shape index (κ2) is 19.7. The Morgan fingerprint density at radius 1 is 0.901 bits per heavy atom. The summed E-state index contributed by atoms with van der Waals surface area (Å²) in [6, 6.07) is 6.26. The van der Waals surface area contributed by atoms with Gasteiger partial charge in [-0.25, -0.2) is 9.59 Å². The van der Waals surface area contributed by atoms with Gasteiger partial charge in [0.25, 0.3) is 11.4 Å². The Morgan fingerprint density at radius 3 is 2.41 bits per heavy atom. The molecule has 81 heavy (non-hydrogen) atoms. The van der Waals surface area contributed by atoms with Gasteiger partial charge >= 0.3 is 11.9 Å². The zero-order valence-electron chi connectivity index (χ0n) is 43.5. The summed E-state index contributed by atoms with van der Waals surface area (Å²) in [5, 5.41) is 157. The second-order valence-corrected chi connectivity index (χ2v) is 21.5. The molecule has 0 saturated carbocycles. The molecule has 9 heterocycles. The minimum atomic E-state index is -3.99. The number of nitrogens with one attached hydrogen (secondary N) is 3. The molecule has 12 rings (SSSR count). The third-order valence-corrected chi connectivity index (χ3v) is 16.9. The Bertz CT molecular complexity index is 3600. The third-order valence-electron chi connectivity index (χ3n) is 16.9. The number of fused-ring (bicyclic) bond motifs is 7. The highest BCUT2D eigenvalue weighted by Crippen LogP contribution is 2.58. The highest BCUT2D eigenvalue weighted by molar-refractivity contribution is 5.90. The molecule has 0 radical (unpaired) electrons. The van der Waals surface area contributed by atoms with Crippen molar-refractivity contribution in [2.45, 2.75) is 136 Å². The van der Waals surface area contributed by atoms with E-state index in [0.29, 0.717) is 35.5 Å². The summed E-state index contributed by atoms with van der Waals surface area (Å²) in [4.78, 5) is 46.9. The van der Waals surface area contributed by atoms with Crippen LogP contribution in [0.4, 0.5) is 0 Å². The van der Waals surface area contributed by atoms with E-state index in [1.54, 1.807) is 12.3 Å². The Hall–Kier alpha value is -7.27. The molecule has 16 N–H and O–H groups in total. The van der Waals surface area contributed by atoms with E-state index in [4.69, 9.17) is 23.4 Å². The van der Waals surface area contributed by atoms with Crippen LogP contribution in [-0.4, -0.2) is 168 Å². The third kappa shape index (κ3) is 8.12. The molecule has 7 aliphatic heterocycles. The first kappa shape index (κ1) is 55.6. The molecule has 1 aliphatic carbocycles. The maximum atomic E-state index is 15.9. The van der Waals surface area contributed by atoms with Crippen LogP contribution < -0.4 is 20.8 Å². The van der Waals surface area contributed by atoms with Crippen molar-refractivity contribution in [3.05, 3.63) is 104 Å². The summed E-state index contributed by atoms with van der Waals surface area (Å²) in [5.74, 6) is -8.04. The van der Waals surface area contributed by atoms with Crippen LogP contribution in [0.1, 0.15) is 80.7 Å². The smallest absolute Gasteiger partial charge is 0.354 e. The number of piperidine rings is 1. The number of carboxylic acid groups (broad SMARTS) is 1. The number of allylic oxidation sites excluding steroid dienone is 4. The van der Waals surface area contributed by atoms with E-state index >= 15 is 4.79 Å². The van der Waals surface area contributed by atoms with Crippen LogP contribution >= 0.6 is 0 Å². The van der Waals surface area contributed by atoms with Crippen LogP contribution in [0, 0.1) is 29.6 Å². The molecule has 2 spiro atoms. The van der Waals surface area contributed by atoms with Gasteiger partial charge in [0.1, 0.15) is 46.0 Å². The van der Waals surface area contributed by atoms with Gasteiger partial charge in [0.15, 0.2) is 29.1 Å². The minimum Gasteiger partial charge on any atom is -0.507 e. The number of aromatic hydroxyl groups is 3. The molecule has 3 fully saturated rings. The number of esters is 1. The van der Waals surface area contributed by atoms with Gasteiger partial charge in [-0.1, -0.05) is 43.8 Å². The lowest BCUT2D eigenvalue weighted by Crippen LogP contribution is -2.81. The lowest BCUT2D eigenvalue weighted by atomic mass is 9.67. The van der Waals surface area contributed by atoms with Crippen molar-refractivity contribution in [1.82, 2.24) is 15.6 Å². The molecule has 4 bridgehead atoms. The number of ether oxygens (including phenoxy) is 4. The van der Waals surface area contributed by atoms with Crippen LogP contribution in [0.15, 0.2) is 80.3 Å². The van der Waals surface area contributed by atoms with E-state index < -0.39 is 155 Å². The maximum absolute atomic E-state index is 15.9. The molecule has 0 amide bonds. The number of hydrogen-bond acceptors (Lipinski definition) is 22. The molecule has 428 valence electrons. The van der Waals surface area contributed by atoms with E-state index in [1.807, 2.05) is 19.9 Å². The predicted molar refractivity (Wildman–Crippen MR) is 277 cm³/mol. The van der Waals surface area contributed by atoms with Gasteiger partial charge in [0.2, 0.25) is 17.2 Å². The Labute approximate surface area is 459 Å². The highest BCUT2D eigenvalue weighted by atomic mass is 16.8. The number of carbonyl (C=O) groups is 2. The fourth-order valence-corrected chi connectivity index (χ4v) is 12.4. The summed E-state index contributed by atoms with van der Waals surface area (Å²) in [6.45, 7) is 3.42.